The summed E-state index contributed by atoms with van der Waals surface area (Å²) in [6.07, 6.45) is -10.0. The maximum absolute atomic E-state index is 13.3. The second-order valence-corrected chi connectivity index (χ2v) is 3.91. The number of ketones is 1. The van der Waals surface area contributed by atoms with Gasteiger partial charge in [0.15, 0.2) is 6.29 Å². The summed E-state index contributed by atoms with van der Waals surface area (Å²) >= 11 is 0. The van der Waals surface area contributed by atoms with E-state index in [-0.39, 0.29) is 4.68 Å². The highest BCUT2D eigenvalue weighted by Gasteiger charge is 2.54. The first-order chi connectivity index (χ1) is 9.85. The number of Topliss-reactive ketones (excluding diaryl/α,β-unsaturated/α-hetero) is 1. The molecule has 0 fully saturated rings. The Morgan fingerprint density at radius 3 is 2.23 bits per heavy atom. The lowest BCUT2D eigenvalue weighted by Crippen LogP contribution is -2.40. The molecule has 1 heterocycles. The van der Waals surface area contributed by atoms with Gasteiger partial charge in [0.1, 0.15) is 0 Å². The molecule has 0 aliphatic heterocycles. The van der Waals surface area contributed by atoms with E-state index in [1.165, 1.54) is 0 Å². The van der Waals surface area contributed by atoms with Gasteiger partial charge in [-0.25, -0.2) is 4.39 Å². The van der Waals surface area contributed by atoms with E-state index in [9.17, 15) is 46.0 Å². The molecule has 0 saturated heterocycles. The standard InChI is InChI=1S/C9H5F6N3O4/c1-17-6(9(13,14)15)5(18(21)22)4(16-17)7(20)8(11,12)3(10)2-19/h2-3H,1H3. The Morgan fingerprint density at radius 1 is 1.36 bits per heavy atom. The van der Waals surface area contributed by atoms with E-state index >= 15 is 0 Å². The first-order valence-corrected chi connectivity index (χ1v) is 5.16. The molecular formula is C9H5F6N3O4. The van der Waals surface area contributed by atoms with Crippen molar-refractivity contribution in [2.45, 2.75) is 18.3 Å². The zero-order chi connectivity index (χ0) is 17.5. The van der Waals surface area contributed by atoms with Crippen LogP contribution in [0.5, 0.6) is 0 Å². The quantitative estimate of drug-likeness (QED) is 0.269. The van der Waals surface area contributed by atoms with E-state index in [1.807, 2.05) is 0 Å². The molecular weight excluding hydrogens is 328 g/mol. The molecule has 22 heavy (non-hydrogen) atoms. The topological polar surface area (TPSA) is 95.1 Å². The third-order valence-electron chi connectivity index (χ3n) is 2.46. The van der Waals surface area contributed by atoms with Gasteiger partial charge in [0.2, 0.25) is 17.6 Å². The molecule has 1 rings (SSSR count). The number of carbonyl (C=O) groups excluding carboxylic acids is 2. The summed E-state index contributed by atoms with van der Waals surface area (Å²) in [6.45, 7) is 0. The van der Waals surface area contributed by atoms with Crippen LogP contribution in [0.2, 0.25) is 0 Å². The Hall–Kier alpha value is -2.47. The molecule has 0 aliphatic carbocycles. The van der Waals surface area contributed by atoms with Crippen LogP contribution in [0.25, 0.3) is 0 Å². The summed E-state index contributed by atoms with van der Waals surface area (Å²) in [5, 5.41) is 13.4. The van der Waals surface area contributed by atoms with Crippen LogP contribution in [0.1, 0.15) is 16.2 Å². The Labute approximate surface area is 116 Å². The van der Waals surface area contributed by atoms with Crippen molar-refractivity contribution in [3.63, 3.8) is 0 Å². The first kappa shape index (κ1) is 17.6. The average molecular weight is 333 g/mol. The highest BCUT2D eigenvalue weighted by molar-refractivity contribution is 6.05. The number of hydrogen-bond donors (Lipinski definition) is 0. The lowest BCUT2D eigenvalue weighted by molar-refractivity contribution is -0.388. The van der Waals surface area contributed by atoms with E-state index < -0.39 is 52.3 Å². The van der Waals surface area contributed by atoms with Gasteiger partial charge < -0.3 is 0 Å². The molecule has 1 atom stereocenters. The van der Waals surface area contributed by atoms with Gasteiger partial charge in [-0.3, -0.25) is 24.4 Å². The van der Waals surface area contributed by atoms with Gasteiger partial charge in [0.25, 0.3) is 5.78 Å². The van der Waals surface area contributed by atoms with Gasteiger partial charge >= 0.3 is 17.8 Å². The molecule has 0 spiro atoms. The predicted molar refractivity (Wildman–Crippen MR) is 55.1 cm³/mol. The fraction of sp³-hybridized carbons (Fsp3) is 0.444. The van der Waals surface area contributed by atoms with Gasteiger partial charge in [-0.05, 0) is 0 Å². The Balaban J connectivity index is 3.60. The van der Waals surface area contributed by atoms with Crippen LogP contribution < -0.4 is 0 Å². The van der Waals surface area contributed by atoms with E-state index in [4.69, 9.17) is 0 Å². The second kappa shape index (κ2) is 5.38. The summed E-state index contributed by atoms with van der Waals surface area (Å²) in [4.78, 5) is 30.3. The molecule has 122 valence electrons. The molecule has 0 bridgehead atoms. The molecule has 0 aromatic carbocycles. The molecule has 0 amide bonds. The number of aryl methyl sites for hydroxylation is 1. The number of nitro groups is 1. The smallest absolute Gasteiger partial charge is 0.300 e. The fourth-order valence-corrected chi connectivity index (χ4v) is 1.52. The van der Waals surface area contributed by atoms with Crippen molar-refractivity contribution >= 4 is 17.8 Å². The summed E-state index contributed by atoms with van der Waals surface area (Å²) in [6, 6.07) is 0. The molecule has 7 nitrogen and oxygen atoms in total. The van der Waals surface area contributed by atoms with Crippen molar-refractivity contribution in [3.8, 4) is 0 Å². The number of halogens is 6. The van der Waals surface area contributed by atoms with Gasteiger partial charge in [-0.2, -0.15) is 27.1 Å². The maximum Gasteiger partial charge on any atom is 0.439 e. The van der Waals surface area contributed by atoms with Crippen LogP contribution in [0.3, 0.4) is 0 Å². The van der Waals surface area contributed by atoms with Crippen LogP contribution in [-0.2, 0) is 18.0 Å². The first-order valence-electron chi connectivity index (χ1n) is 5.16. The van der Waals surface area contributed by atoms with E-state index in [1.54, 1.807) is 0 Å². The zero-order valence-corrected chi connectivity index (χ0v) is 10.4. The summed E-state index contributed by atoms with van der Waals surface area (Å²) in [7, 11) is 0.525. The third-order valence-corrected chi connectivity index (χ3v) is 2.46. The molecule has 0 radical (unpaired) electrons. The minimum atomic E-state index is -5.38. The lowest BCUT2D eigenvalue weighted by atomic mass is 10.1. The van der Waals surface area contributed by atoms with Gasteiger partial charge in [0, 0.05) is 7.05 Å². The fourth-order valence-electron chi connectivity index (χ4n) is 1.52. The van der Waals surface area contributed by atoms with E-state index in [0.717, 1.165) is 0 Å². The van der Waals surface area contributed by atoms with E-state index in [0.29, 0.717) is 7.05 Å². The summed E-state index contributed by atoms with van der Waals surface area (Å²) in [5.74, 6) is -7.80. The van der Waals surface area contributed by atoms with Crippen molar-refractivity contribution in [2.24, 2.45) is 7.05 Å². The predicted octanol–water partition coefficient (Wildman–Crippen LogP) is 1.70. The molecule has 0 saturated carbocycles. The van der Waals surface area contributed by atoms with Crippen LogP contribution in [-0.4, -0.2) is 38.9 Å². The Bertz CT molecular complexity index is 638. The number of rotatable bonds is 5. The van der Waals surface area contributed by atoms with Crippen molar-refractivity contribution in [1.82, 2.24) is 9.78 Å². The SMILES string of the molecule is Cn1nc(C(=O)C(F)(F)C(F)C=O)c([N+](=O)[O-])c1C(F)(F)F. The highest BCUT2D eigenvalue weighted by Crippen LogP contribution is 2.39. The lowest BCUT2D eigenvalue weighted by Gasteiger charge is -2.13. The largest absolute Gasteiger partial charge is 0.439 e. The zero-order valence-electron chi connectivity index (χ0n) is 10.4. The van der Waals surface area contributed by atoms with Crippen LogP contribution >= 0.6 is 0 Å². The van der Waals surface area contributed by atoms with Crippen molar-refractivity contribution in [1.29, 1.82) is 0 Å². The number of hydrogen-bond acceptors (Lipinski definition) is 5. The number of carbonyl (C=O) groups is 2. The van der Waals surface area contributed by atoms with Crippen molar-refractivity contribution in [2.75, 3.05) is 0 Å². The van der Waals surface area contributed by atoms with Crippen LogP contribution in [0.4, 0.5) is 32.0 Å². The van der Waals surface area contributed by atoms with Gasteiger partial charge in [0.05, 0.1) is 4.92 Å². The molecule has 13 heteroatoms. The van der Waals surface area contributed by atoms with Crippen molar-refractivity contribution in [3.05, 3.63) is 21.5 Å². The molecule has 0 aliphatic rings. The van der Waals surface area contributed by atoms with Gasteiger partial charge in [-0.15, -0.1) is 0 Å². The number of alkyl halides is 6. The highest BCUT2D eigenvalue weighted by atomic mass is 19.4. The van der Waals surface area contributed by atoms with Crippen LogP contribution in [0.15, 0.2) is 0 Å². The molecule has 1 aromatic rings. The maximum atomic E-state index is 13.3. The van der Waals surface area contributed by atoms with Crippen molar-refractivity contribution < 1.29 is 40.9 Å². The summed E-state index contributed by atoms with van der Waals surface area (Å²) in [5.41, 5.74) is -6.01. The Morgan fingerprint density at radius 2 is 1.86 bits per heavy atom. The molecule has 1 aromatic heterocycles. The number of nitrogens with zero attached hydrogens (tertiary/aromatic N) is 3. The second-order valence-electron chi connectivity index (χ2n) is 3.91. The minimum absolute atomic E-state index is 0.199. The third kappa shape index (κ3) is 2.78. The number of aromatic nitrogens is 2. The normalized spacial score (nSPS) is 13.8. The molecule has 1 unspecified atom stereocenters. The average Bonchev–Trinajstić information content (AvgIpc) is 2.74. The number of aldehydes is 1. The summed E-state index contributed by atoms with van der Waals surface area (Å²) < 4.78 is 77.1. The monoisotopic (exact) mass is 333 g/mol. The van der Waals surface area contributed by atoms with E-state index in [2.05, 4.69) is 5.10 Å². The minimum Gasteiger partial charge on any atom is -0.300 e. The van der Waals surface area contributed by atoms with Gasteiger partial charge in [-0.1, -0.05) is 0 Å². The molecule has 0 N–H and O–H groups in total. The van der Waals surface area contributed by atoms with Crippen LogP contribution in [0, 0.1) is 10.1 Å². The Kier molecular flexibility index (Phi) is 4.30.